The molecule has 0 saturated heterocycles. The fraction of sp³-hybridized carbons (Fsp3) is 0.500. The van der Waals surface area contributed by atoms with E-state index in [9.17, 15) is 9.59 Å². The van der Waals surface area contributed by atoms with Crippen molar-refractivity contribution in [3.05, 3.63) is 29.8 Å². The Kier molecular flexibility index (Phi) is 6.21. The molecule has 5 nitrogen and oxygen atoms in total. The summed E-state index contributed by atoms with van der Waals surface area (Å²) in [5.74, 6) is -0.184. The van der Waals surface area contributed by atoms with E-state index >= 15 is 0 Å². The van der Waals surface area contributed by atoms with Crippen molar-refractivity contribution in [1.29, 1.82) is 0 Å². The van der Waals surface area contributed by atoms with E-state index < -0.39 is 0 Å². The molecule has 0 radical (unpaired) electrons. The van der Waals surface area contributed by atoms with Crippen LogP contribution >= 0.6 is 0 Å². The third-order valence-corrected chi connectivity index (χ3v) is 2.96. The van der Waals surface area contributed by atoms with Crippen LogP contribution in [0.15, 0.2) is 24.3 Å². The average Bonchev–Trinajstić information content (AvgIpc) is 2.42. The number of benzene rings is 1. The van der Waals surface area contributed by atoms with Crippen LogP contribution in [0, 0.1) is 0 Å². The Hall–Kier alpha value is -2.04. The van der Waals surface area contributed by atoms with Crippen LogP contribution in [0.25, 0.3) is 0 Å². The zero-order valence-electron chi connectivity index (χ0n) is 13.2. The average molecular weight is 291 g/mol. The minimum absolute atomic E-state index is 0.0243. The van der Waals surface area contributed by atoms with Gasteiger partial charge in [0.1, 0.15) is 0 Å². The molecule has 0 heterocycles. The van der Waals surface area contributed by atoms with Gasteiger partial charge < -0.3 is 16.0 Å². The smallest absolute Gasteiger partial charge is 0.319 e. The Morgan fingerprint density at radius 3 is 2.38 bits per heavy atom. The molecule has 0 fully saturated rings. The topological polar surface area (TPSA) is 70.2 Å². The van der Waals surface area contributed by atoms with Crippen LogP contribution in [0.5, 0.6) is 0 Å². The lowest BCUT2D eigenvalue weighted by atomic mass is 9.86. The maximum atomic E-state index is 11.9. The molecule has 21 heavy (non-hydrogen) atoms. The summed E-state index contributed by atoms with van der Waals surface area (Å²) in [5, 5.41) is 8.06. The Balaban J connectivity index is 2.58. The summed E-state index contributed by atoms with van der Waals surface area (Å²) in [4.78, 5) is 23.3. The minimum atomic E-state index is -0.377. The zero-order valence-corrected chi connectivity index (χ0v) is 13.2. The van der Waals surface area contributed by atoms with E-state index in [1.165, 1.54) is 0 Å². The number of hydrogen-bond donors (Lipinski definition) is 3. The third kappa shape index (κ3) is 5.85. The van der Waals surface area contributed by atoms with Gasteiger partial charge in [0, 0.05) is 12.2 Å². The first-order valence-corrected chi connectivity index (χ1v) is 7.25. The molecule has 5 heteroatoms. The number of amides is 3. The van der Waals surface area contributed by atoms with Gasteiger partial charge in [-0.1, -0.05) is 45.9 Å². The van der Waals surface area contributed by atoms with Crippen molar-refractivity contribution in [3.63, 3.8) is 0 Å². The molecule has 0 aliphatic carbocycles. The predicted molar refractivity (Wildman–Crippen MR) is 85.5 cm³/mol. The summed E-state index contributed by atoms with van der Waals surface area (Å²) < 4.78 is 0. The summed E-state index contributed by atoms with van der Waals surface area (Å²) in [6, 6.07) is 7.29. The van der Waals surface area contributed by atoms with E-state index in [-0.39, 0.29) is 23.9 Å². The van der Waals surface area contributed by atoms with E-state index in [4.69, 9.17) is 0 Å². The van der Waals surface area contributed by atoms with Gasteiger partial charge in [-0.05, 0) is 23.5 Å². The largest absolute Gasteiger partial charge is 0.355 e. The van der Waals surface area contributed by atoms with Crippen molar-refractivity contribution in [2.75, 3.05) is 18.4 Å². The molecule has 0 atom stereocenters. The first kappa shape index (κ1) is 17.0. The second-order valence-corrected chi connectivity index (χ2v) is 5.95. The highest BCUT2D eigenvalue weighted by Crippen LogP contribution is 2.28. The van der Waals surface area contributed by atoms with Gasteiger partial charge in [0.15, 0.2) is 0 Å². The summed E-state index contributed by atoms with van der Waals surface area (Å²) >= 11 is 0. The van der Waals surface area contributed by atoms with E-state index in [0.717, 1.165) is 17.7 Å². The highest BCUT2D eigenvalue weighted by Gasteiger charge is 2.18. The highest BCUT2D eigenvalue weighted by atomic mass is 16.2. The highest BCUT2D eigenvalue weighted by molar-refractivity contribution is 5.93. The molecule has 3 N–H and O–H groups in total. The van der Waals surface area contributed by atoms with Gasteiger partial charge in [0.25, 0.3) is 0 Å². The van der Waals surface area contributed by atoms with Crippen molar-refractivity contribution in [3.8, 4) is 0 Å². The molecule has 116 valence electrons. The van der Waals surface area contributed by atoms with E-state index in [1.54, 1.807) is 0 Å². The van der Waals surface area contributed by atoms with Gasteiger partial charge >= 0.3 is 6.03 Å². The van der Waals surface area contributed by atoms with Crippen molar-refractivity contribution in [2.24, 2.45) is 0 Å². The Labute approximate surface area is 126 Å². The van der Waals surface area contributed by atoms with Gasteiger partial charge in [0.05, 0.1) is 6.54 Å². The monoisotopic (exact) mass is 291 g/mol. The molecule has 0 saturated carbocycles. The van der Waals surface area contributed by atoms with Crippen LogP contribution in [0.4, 0.5) is 10.5 Å². The molecule has 0 unspecified atom stereocenters. The fourth-order valence-electron chi connectivity index (χ4n) is 1.90. The van der Waals surface area contributed by atoms with Crippen LogP contribution in [0.3, 0.4) is 0 Å². The normalized spacial score (nSPS) is 10.9. The van der Waals surface area contributed by atoms with Gasteiger partial charge in [-0.25, -0.2) is 4.79 Å². The lowest BCUT2D eigenvalue weighted by Crippen LogP contribution is -2.39. The van der Waals surface area contributed by atoms with E-state index in [2.05, 4.69) is 36.7 Å². The standard InChI is InChI=1S/C16H25N3O2/c1-5-10-17-14(20)11-18-15(21)19-13-9-7-6-8-12(13)16(2,3)4/h6-9H,5,10-11H2,1-4H3,(H,17,20)(H2,18,19,21). The van der Waals surface area contributed by atoms with Gasteiger partial charge in [-0.15, -0.1) is 0 Å². The summed E-state index contributed by atoms with van der Waals surface area (Å²) in [6.45, 7) is 8.83. The number of carbonyl (C=O) groups excluding carboxylic acids is 2. The molecule has 1 aromatic carbocycles. The molecule has 0 bridgehead atoms. The fourth-order valence-corrected chi connectivity index (χ4v) is 1.90. The quantitative estimate of drug-likeness (QED) is 0.780. The van der Waals surface area contributed by atoms with Crippen LogP contribution in [0.2, 0.25) is 0 Å². The molecule has 0 aliphatic rings. The van der Waals surface area contributed by atoms with Gasteiger partial charge in [-0.3, -0.25) is 4.79 Å². The number of anilines is 1. The summed E-state index contributed by atoms with van der Waals surface area (Å²) in [5.41, 5.74) is 1.74. The van der Waals surface area contributed by atoms with Crippen LogP contribution in [0.1, 0.15) is 39.7 Å². The van der Waals surface area contributed by atoms with Crippen molar-refractivity contribution in [2.45, 2.75) is 39.5 Å². The number of nitrogens with one attached hydrogen (secondary N) is 3. The molecule has 3 amide bonds. The molecule has 1 rings (SSSR count). The molecule has 0 aliphatic heterocycles. The summed E-state index contributed by atoms with van der Waals surface area (Å²) in [6.07, 6.45) is 0.872. The molecule has 0 spiro atoms. The third-order valence-electron chi connectivity index (χ3n) is 2.96. The van der Waals surface area contributed by atoms with Crippen LogP contribution in [-0.4, -0.2) is 25.0 Å². The first-order valence-electron chi connectivity index (χ1n) is 7.25. The van der Waals surface area contributed by atoms with Gasteiger partial charge in [0.2, 0.25) is 5.91 Å². The Morgan fingerprint density at radius 2 is 1.76 bits per heavy atom. The molecule has 0 aromatic heterocycles. The van der Waals surface area contributed by atoms with Crippen molar-refractivity contribution < 1.29 is 9.59 Å². The molecule has 1 aromatic rings. The SMILES string of the molecule is CCCNC(=O)CNC(=O)Nc1ccccc1C(C)(C)C. The first-order chi connectivity index (χ1) is 9.84. The van der Waals surface area contributed by atoms with Crippen LogP contribution < -0.4 is 16.0 Å². The number of para-hydroxylation sites is 1. The second kappa shape index (κ2) is 7.67. The summed E-state index contributed by atoms with van der Waals surface area (Å²) in [7, 11) is 0. The maximum absolute atomic E-state index is 11.9. The second-order valence-electron chi connectivity index (χ2n) is 5.95. The number of hydrogen-bond acceptors (Lipinski definition) is 2. The van der Waals surface area contributed by atoms with Crippen molar-refractivity contribution >= 4 is 17.6 Å². The number of urea groups is 1. The maximum Gasteiger partial charge on any atom is 0.319 e. The van der Waals surface area contributed by atoms with Crippen LogP contribution in [-0.2, 0) is 10.2 Å². The molecular weight excluding hydrogens is 266 g/mol. The van der Waals surface area contributed by atoms with E-state index in [0.29, 0.717) is 6.54 Å². The van der Waals surface area contributed by atoms with Crippen molar-refractivity contribution in [1.82, 2.24) is 10.6 Å². The number of carbonyl (C=O) groups is 2. The number of rotatable bonds is 5. The van der Waals surface area contributed by atoms with E-state index in [1.807, 2.05) is 31.2 Å². The molecular formula is C16H25N3O2. The lowest BCUT2D eigenvalue weighted by molar-refractivity contribution is -0.120. The minimum Gasteiger partial charge on any atom is -0.355 e. The zero-order chi connectivity index (χ0) is 15.9. The van der Waals surface area contributed by atoms with Gasteiger partial charge in [-0.2, -0.15) is 0 Å². The Morgan fingerprint density at radius 1 is 1.10 bits per heavy atom. The lowest BCUT2D eigenvalue weighted by Gasteiger charge is -2.23. The predicted octanol–water partition coefficient (Wildman–Crippen LogP) is 2.63. The Bertz CT molecular complexity index is 493.